The van der Waals surface area contributed by atoms with Crippen LogP contribution in [0.25, 0.3) is 0 Å². The third-order valence-electron chi connectivity index (χ3n) is 2.91. The largest absolute Gasteiger partial charge is 0.382 e. The number of rotatable bonds is 3. The summed E-state index contributed by atoms with van der Waals surface area (Å²) in [5.41, 5.74) is 6.87. The molecule has 1 heterocycles. The Morgan fingerprint density at radius 1 is 1.24 bits per heavy atom. The van der Waals surface area contributed by atoms with Gasteiger partial charge in [-0.1, -0.05) is 6.07 Å². The van der Waals surface area contributed by atoms with Crippen molar-refractivity contribution in [2.75, 3.05) is 23.0 Å². The standard InChI is InChI=1S/C14H15N5O2/c1-9(20)19(2)11-5-3-4-10(8-11)18-14(21)12-13(15)17-7-6-16-12/h3-8H,1-2H3,(H2,15,17)(H,18,21). The maximum absolute atomic E-state index is 12.1. The lowest BCUT2D eigenvalue weighted by atomic mass is 10.2. The van der Waals surface area contributed by atoms with Gasteiger partial charge in [-0.15, -0.1) is 0 Å². The fourth-order valence-corrected chi connectivity index (χ4v) is 1.69. The molecule has 0 aliphatic carbocycles. The Hall–Kier alpha value is -2.96. The molecular weight excluding hydrogens is 270 g/mol. The van der Waals surface area contributed by atoms with Crippen LogP contribution >= 0.6 is 0 Å². The molecule has 21 heavy (non-hydrogen) atoms. The number of nitrogens with one attached hydrogen (secondary N) is 1. The van der Waals surface area contributed by atoms with E-state index in [9.17, 15) is 9.59 Å². The molecular formula is C14H15N5O2. The van der Waals surface area contributed by atoms with Crippen molar-refractivity contribution in [1.82, 2.24) is 9.97 Å². The van der Waals surface area contributed by atoms with Crippen LogP contribution in [0.5, 0.6) is 0 Å². The van der Waals surface area contributed by atoms with Crippen LogP contribution in [0.15, 0.2) is 36.7 Å². The summed E-state index contributed by atoms with van der Waals surface area (Å²) in [6.07, 6.45) is 2.81. The van der Waals surface area contributed by atoms with E-state index in [1.54, 1.807) is 31.3 Å². The number of aromatic nitrogens is 2. The first-order valence-electron chi connectivity index (χ1n) is 6.21. The summed E-state index contributed by atoms with van der Waals surface area (Å²) in [5, 5.41) is 2.67. The third kappa shape index (κ3) is 3.33. The maximum atomic E-state index is 12.1. The lowest BCUT2D eigenvalue weighted by Crippen LogP contribution is -2.23. The van der Waals surface area contributed by atoms with Crippen LogP contribution in [0, 0.1) is 0 Å². The van der Waals surface area contributed by atoms with Gasteiger partial charge in [-0.2, -0.15) is 0 Å². The molecule has 0 fully saturated rings. The summed E-state index contributed by atoms with van der Waals surface area (Å²) in [6, 6.07) is 6.91. The molecule has 2 amide bonds. The van der Waals surface area contributed by atoms with Crippen molar-refractivity contribution in [3.8, 4) is 0 Å². The number of carbonyl (C=O) groups is 2. The van der Waals surface area contributed by atoms with Crippen LogP contribution in [0.3, 0.4) is 0 Å². The van der Waals surface area contributed by atoms with Gasteiger partial charge in [0.1, 0.15) is 0 Å². The van der Waals surface area contributed by atoms with Crippen LogP contribution in [-0.4, -0.2) is 28.8 Å². The molecule has 2 rings (SSSR count). The minimum Gasteiger partial charge on any atom is -0.382 e. The van der Waals surface area contributed by atoms with Crippen molar-refractivity contribution in [2.45, 2.75) is 6.92 Å². The van der Waals surface area contributed by atoms with Crippen LogP contribution in [0.1, 0.15) is 17.4 Å². The fraction of sp³-hybridized carbons (Fsp3) is 0.143. The molecule has 0 aliphatic heterocycles. The Kier molecular flexibility index (Phi) is 4.13. The van der Waals surface area contributed by atoms with Crippen LogP contribution in [-0.2, 0) is 4.79 Å². The summed E-state index contributed by atoms with van der Waals surface area (Å²) in [4.78, 5) is 32.6. The second kappa shape index (κ2) is 6.00. The summed E-state index contributed by atoms with van der Waals surface area (Å²) in [7, 11) is 1.66. The number of nitrogen functional groups attached to an aromatic ring is 1. The Balaban J connectivity index is 2.21. The molecule has 0 atom stereocenters. The molecule has 0 unspecified atom stereocenters. The Morgan fingerprint density at radius 2 is 1.95 bits per heavy atom. The zero-order valence-corrected chi connectivity index (χ0v) is 11.7. The van der Waals surface area contributed by atoms with Crippen molar-refractivity contribution in [2.24, 2.45) is 0 Å². The van der Waals surface area contributed by atoms with Crippen LogP contribution in [0.2, 0.25) is 0 Å². The second-order valence-corrected chi connectivity index (χ2v) is 4.37. The summed E-state index contributed by atoms with van der Waals surface area (Å²) in [6.45, 7) is 1.46. The Labute approximate surface area is 121 Å². The van der Waals surface area contributed by atoms with Gasteiger partial charge in [-0.3, -0.25) is 9.59 Å². The van der Waals surface area contributed by atoms with Gasteiger partial charge in [-0.05, 0) is 18.2 Å². The normalized spacial score (nSPS) is 10.0. The first-order valence-corrected chi connectivity index (χ1v) is 6.21. The number of benzene rings is 1. The minimum atomic E-state index is -0.455. The van der Waals surface area contributed by atoms with E-state index in [1.807, 2.05) is 0 Å². The van der Waals surface area contributed by atoms with E-state index < -0.39 is 5.91 Å². The molecule has 0 bridgehead atoms. The van der Waals surface area contributed by atoms with Crippen molar-refractivity contribution < 1.29 is 9.59 Å². The second-order valence-electron chi connectivity index (χ2n) is 4.37. The lowest BCUT2D eigenvalue weighted by Gasteiger charge is -2.16. The van der Waals surface area contributed by atoms with Gasteiger partial charge >= 0.3 is 0 Å². The molecule has 3 N–H and O–H groups in total. The molecule has 0 saturated heterocycles. The number of anilines is 3. The van der Waals surface area contributed by atoms with E-state index >= 15 is 0 Å². The van der Waals surface area contributed by atoms with Crippen molar-refractivity contribution >= 4 is 29.0 Å². The van der Waals surface area contributed by atoms with Gasteiger partial charge < -0.3 is 16.0 Å². The van der Waals surface area contributed by atoms with E-state index in [0.717, 1.165) is 0 Å². The minimum absolute atomic E-state index is 0.0582. The highest BCUT2D eigenvalue weighted by Crippen LogP contribution is 2.19. The molecule has 7 heteroatoms. The number of carbonyl (C=O) groups excluding carboxylic acids is 2. The number of nitrogens with zero attached hydrogens (tertiary/aromatic N) is 3. The number of amides is 2. The summed E-state index contributed by atoms with van der Waals surface area (Å²) >= 11 is 0. The van der Waals surface area contributed by atoms with Gasteiger partial charge in [-0.25, -0.2) is 9.97 Å². The fourth-order valence-electron chi connectivity index (χ4n) is 1.69. The number of nitrogens with two attached hydrogens (primary N) is 1. The highest BCUT2D eigenvalue weighted by molar-refractivity contribution is 6.06. The van der Waals surface area contributed by atoms with Gasteiger partial charge in [0.15, 0.2) is 11.5 Å². The molecule has 1 aromatic heterocycles. The SMILES string of the molecule is CC(=O)N(C)c1cccc(NC(=O)c2nccnc2N)c1. The zero-order chi connectivity index (χ0) is 15.4. The van der Waals surface area contributed by atoms with E-state index in [2.05, 4.69) is 15.3 Å². The lowest BCUT2D eigenvalue weighted by molar-refractivity contribution is -0.116. The monoisotopic (exact) mass is 285 g/mol. The van der Waals surface area contributed by atoms with Gasteiger partial charge in [0.25, 0.3) is 5.91 Å². The van der Waals surface area contributed by atoms with Gasteiger partial charge in [0.05, 0.1) is 0 Å². The molecule has 7 nitrogen and oxygen atoms in total. The predicted octanol–water partition coefficient (Wildman–Crippen LogP) is 1.29. The highest BCUT2D eigenvalue weighted by Gasteiger charge is 2.13. The Morgan fingerprint density at radius 3 is 2.62 bits per heavy atom. The number of hydrogen-bond donors (Lipinski definition) is 2. The first-order chi connectivity index (χ1) is 9.99. The molecule has 108 valence electrons. The smallest absolute Gasteiger partial charge is 0.278 e. The number of hydrogen-bond acceptors (Lipinski definition) is 5. The first kappa shape index (κ1) is 14.4. The van der Waals surface area contributed by atoms with Crippen molar-refractivity contribution in [3.63, 3.8) is 0 Å². The molecule has 0 radical (unpaired) electrons. The van der Waals surface area contributed by atoms with Crippen molar-refractivity contribution in [1.29, 1.82) is 0 Å². The molecule has 0 saturated carbocycles. The molecule has 0 spiro atoms. The van der Waals surface area contributed by atoms with E-state index in [1.165, 1.54) is 24.2 Å². The van der Waals surface area contributed by atoms with Gasteiger partial charge in [0.2, 0.25) is 5.91 Å². The predicted molar refractivity (Wildman–Crippen MR) is 79.9 cm³/mol. The zero-order valence-electron chi connectivity index (χ0n) is 11.7. The summed E-state index contributed by atoms with van der Waals surface area (Å²) < 4.78 is 0. The third-order valence-corrected chi connectivity index (χ3v) is 2.91. The highest BCUT2D eigenvalue weighted by atomic mass is 16.2. The van der Waals surface area contributed by atoms with E-state index in [4.69, 9.17) is 5.73 Å². The molecule has 0 aliphatic rings. The van der Waals surface area contributed by atoms with E-state index in [-0.39, 0.29) is 17.4 Å². The molecule has 1 aromatic carbocycles. The Bertz CT molecular complexity index is 687. The quantitative estimate of drug-likeness (QED) is 0.885. The topological polar surface area (TPSA) is 101 Å². The molecule has 2 aromatic rings. The maximum Gasteiger partial charge on any atom is 0.278 e. The van der Waals surface area contributed by atoms with Gasteiger partial charge in [0, 0.05) is 37.7 Å². The van der Waals surface area contributed by atoms with E-state index in [0.29, 0.717) is 11.4 Å². The van der Waals surface area contributed by atoms with Crippen LogP contribution < -0.4 is 16.0 Å². The summed E-state index contributed by atoms with van der Waals surface area (Å²) in [5.74, 6) is -0.494. The average molecular weight is 285 g/mol. The van der Waals surface area contributed by atoms with Crippen molar-refractivity contribution in [3.05, 3.63) is 42.4 Å². The van der Waals surface area contributed by atoms with Crippen LogP contribution in [0.4, 0.5) is 17.2 Å². The average Bonchev–Trinajstić information content (AvgIpc) is 2.47.